The number of methoxy groups -OCH3 is 1. The molecular weight excluding hydrogens is 282 g/mol. The van der Waals surface area contributed by atoms with Gasteiger partial charge in [0.05, 0.1) is 7.11 Å². The van der Waals surface area contributed by atoms with Crippen LogP contribution in [0, 0.1) is 6.92 Å². The lowest BCUT2D eigenvalue weighted by Crippen LogP contribution is -2.12. The third-order valence-electron chi connectivity index (χ3n) is 3.13. The van der Waals surface area contributed by atoms with Crippen molar-refractivity contribution < 1.29 is 9.47 Å². The molecule has 0 saturated heterocycles. The second-order valence-corrected chi connectivity index (χ2v) is 6.24. The molecule has 0 unspecified atom stereocenters. The van der Waals surface area contributed by atoms with Crippen LogP contribution in [-0.4, -0.2) is 13.7 Å². The Kier molecular flexibility index (Phi) is 6.08. The van der Waals surface area contributed by atoms with Crippen molar-refractivity contribution in [1.29, 1.82) is 0 Å². The Bertz CT molecular complexity index is 566. The van der Waals surface area contributed by atoms with E-state index in [0.717, 1.165) is 31.0 Å². The number of hydrogen-bond donors (Lipinski definition) is 1. The lowest BCUT2D eigenvalue weighted by molar-refractivity contribution is 0.287. The van der Waals surface area contributed by atoms with Gasteiger partial charge in [0, 0.05) is 16.3 Å². The number of rotatable bonds is 8. The number of thiophene rings is 1. The molecule has 0 aliphatic heterocycles. The quantitative estimate of drug-likeness (QED) is 0.743. The summed E-state index contributed by atoms with van der Waals surface area (Å²) in [5.74, 6) is 1.58. The van der Waals surface area contributed by atoms with Crippen molar-refractivity contribution in [3.63, 3.8) is 0 Å². The van der Waals surface area contributed by atoms with Crippen molar-refractivity contribution in [2.45, 2.75) is 33.4 Å². The van der Waals surface area contributed by atoms with E-state index in [1.54, 1.807) is 18.4 Å². The van der Waals surface area contributed by atoms with Crippen molar-refractivity contribution in [1.82, 2.24) is 5.32 Å². The summed E-state index contributed by atoms with van der Waals surface area (Å²) < 4.78 is 11.2. The van der Waals surface area contributed by atoms with Gasteiger partial charge in [0.25, 0.3) is 0 Å². The van der Waals surface area contributed by atoms with Crippen LogP contribution < -0.4 is 14.8 Å². The number of ether oxygens (including phenoxy) is 2. The molecular formula is C17H23NO2S. The predicted octanol–water partition coefficient (Wildman–Crippen LogP) is 4.14. The summed E-state index contributed by atoms with van der Waals surface area (Å²) in [7, 11) is 1.67. The fourth-order valence-corrected chi connectivity index (χ4v) is 2.93. The minimum absolute atomic E-state index is 0.581. The van der Waals surface area contributed by atoms with Crippen LogP contribution >= 0.6 is 11.3 Å². The standard InChI is InChI=1S/C17H23NO2S/c1-4-9-18-11-14-6-7-15(21-14)12-20-16-8-5-13(2)10-17(16)19-3/h5-8,10,18H,4,9,11-12H2,1-3H3. The fourth-order valence-electron chi connectivity index (χ4n) is 2.03. The van der Waals surface area contributed by atoms with Crippen LogP contribution in [0.2, 0.25) is 0 Å². The summed E-state index contributed by atoms with van der Waals surface area (Å²) in [5, 5.41) is 3.41. The van der Waals surface area contributed by atoms with E-state index in [-0.39, 0.29) is 0 Å². The lowest BCUT2D eigenvalue weighted by Gasteiger charge is -2.10. The first kappa shape index (κ1) is 15.9. The van der Waals surface area contributed by atoms with E-state index in [1.165, 1.54) is 15.3 Å². The van der Waals surface area contributed by atoms with Crippen molar-refractivity contribution in [3.05, 3.63) is 45.6 Å². The lowest BCUT2D eigenvalue weighted by atomic mass is 10.2. The third kappa shape index (κ3) is 4.76. The molecule has 1 heterocycles. The molecule has 0 bridgehead atoms. The molecule has 2 rings (SSSR count). The van der Waals surface area contributed by atoms with Crippen molar-refractivity contribution >= 4 is 11.3 Å². The van der Waals surface area contributed by atoms with Crippen LogP contribution in [0.15, 0.2) is 30.3 Å². The molecule has 0 spiro atoms. The summed E-state index contributed by atoms with van der Waals surface area (Å²) in [6.07, 6.45) is 1.16. The molecule has 0 saturated carbocycles. The molecule has 2 aromatic rings. The average Bonchev–Trinajstić information content (AvgIpc) is 2.94. The zero-order valence-corrected chi connectivity index (χ0v) is 13.8. The normalized spacial score (nSPS) is 10.6. The maximum atomic E-state index is 5.87. The van der Waals surface area contributed by atoms with Crippen molar-refractivity contribution in [3.8, 4) is 11.5 Å². The molecule has 0 atom stereocenters. The van der Waals surface area contributed by atoms with E-state index < -0.39 is 0 Å². The van der Waals surface area contributed by atoms with Gasteiger partial charge in [0.15, 0.2) is 11.5 Å². The molecule has 1 aromatic heterocycles. The van der Waals surface area contributed by atoms with E-state index >= 15 is 0 Å². The third-order valence-corrected chi connectivity index (χ3v) is 4.19. The monoisotopic (exact) mass is 305 g/mol. The van der Waals surface area contributed by atoms with Crippen LogP contribution in [0.25, 0.3) is 0 Å². The Hall–Kier alpha value is -1.52. The number of aryl methyl sites for hydroxylation is 1. The van der Waals surface area contributed by atoms with Crippen LogP contribution in [-0.2, 0) is 13.2 Å². The van der Waals surface area contributed by atoms with Crippen LogP contribution in [0.3, 0.4) is 0 Å². The summed E-state index contributed by atoms with van der Waals surface area (Å²) in [4.78, 5) is 2.57. The van der Waals surface area contributed by atoms with E-state index in [1.807, 2.05) is 25.1 Å². The van der Waals surface area contributed by atoms with Gasteiger partial charge in [0.2, 0.25) is 0 Å². The van der Waals surface area contributed by atoms with Crippen molar-refractivity contribution in [2.75, 3.05) is 13.7 Å². The first-order chi connectivity index (χ1) is 10.2. The van der Waals surface area contributed by atoms with Gasteiger partial charge in [-0.2, -0.15) is 0 Å². The Morgan fingerprint density at radius 1 is 1.10 bits per heavy atom. The van der Waals surface area contributed by atoms with Gasteiger partial charge in [-0.05, 0) is 49.7 Å². The summed E-state index contributed by atoms with van der Waals surface area (Å²) >= 11 is 1.79. The van der Waals surface area contributed by atoms with Gasteiger partial charge in [0.1, 0.15) is 6.61 Å². The fraction of sp³-hybridized carbons (Fsp3) is 0.412. The molecule has 0 amide bonds. The zero-order valence-electron chi connectivity index (χ0n) is 12.9. The Labute approximate surface area is 130 Å². The Morgan fingerprint density at radius 3 is 2.67 bits per heavy atom. The minimum atomic E-state index is 0.581. The van der Waals surface area contributed by atoms with Crippen molar-refractivity contribution in [2.24, 2.45) is 0 Å². The number of hydrogen-bond acceptors (Lipinski definition) is 4. The molecule has 0 radical (unpaired) electrons. The van der Waals surface area contributed by atoms with Crippen LogP contribution in [0.1, 0.15) is 28.7 Å². The summed E-state index contributed by atoms with van der Waals surface area (Å²) in [6, 6.07) is 10.3. The van der Waals surface area contributed by atoms with Gasteiger partial charge in [-0.3, -0.25) is 0 Å². The largest absolute Gasteiger partial charge is 0.493 e. The average molecular weight is 305 g/mol. The van der Waals surface area contributed by atoms with Gasteiger partial charge in [-0.1, -0.05) is 13.0 Å². The molecule has 0 aliphatic rings. The van der Waals surface area contributed by atoms with Crippen LogP contribution in [0.5, 0.6) is 11.5 Å². The zero-order chi connectivity index (χ0) is 15.1. The topological polar surface area (TPSA) is 30.5 Å². The van der Waals surface area contributed by atoms with Gasteiger partial charge in [-0.25, -0.2) is 0 Å². The minimum Gasteiger partial charge on any atom is -0.493 e. The highest BCUT2D eigenvalue weighted by Gasteiger charge is 2.06. The second kappa shape index (κ2) is 8.05. The van der Waals surface area contributed by atoms with Crippen LogP contribution in [0.4, 0.5) is 0 Å². The van der Waals surface area contributed by atoms with Gasteiger partial charge >= 0.3 is 0 Å². The summed E-state index contributed by atoms with van der Waals surface area (Å²) in [6.45, 7) is 6.80. The first-order valence-electron chi connectivity index (χ1n) is 7.28. The maximum Gasteiger partial charge on any atom is 0.161 e. The maximum absolute atomic E-state index is 5.87. The highest BCUT2D eigenvalue weighted by atomic mass is 32.1. The molecule has 0 fully saturated rings. The van der Waals surface area contributed by atoms with E-state index in [9.17, 15) is 0 Å². The van der Waals surface area contributed by atoms with Gasteiger partial charge in [-0.15, -0.1) is 11.3 Å². The molecule has 114 valence electrons. The second-order valence-electron chi connectivity index (χ2n) is 4.99. The van der Waals surface area contributed by atoms with E-state index in [4.69, 9.17) is 9.47 Å². The number of nitrogens with one attached hydrogen (secondary N) is 1. The predicted molar refractivity (Wildman–Crippen MR) is 88.4 cm³/mol. The molecule has 1 N–H and O–H groups in total. The van der Waals surface area contributed by atoms with Gasteiger partial charge < -0.3 is 14.8 Å². The molecule has 21 heavy (non-hydrogen) atoms. The highest BCUT2D eigenvalue weighted by molar-refractivity contribution is 7.11. The molecule has 0 aliphatic carbocycles. The smallest absolute Gasteiger partial charge is 0.161 e. The summed E-state index contributed by atoms with van der Waals surface area (Å²) in [5.41, 5.74) is 1.17. The molecule has 4 heteroatoms. The van der Waals surface area contributed by atoms with E-state index in [2.05, 4.69) is 24.4 Å². The molecule has 3 nitrogen and oxygen atoms in total. The van der Waals surface area contributed by atoms with E-state index in [0.29, 0.717) is 6.61 Å². The first-order valence-corrected chi connectivity index (χ1v) is 8.10. The Balaban J connectivity index is 1.91. The molecule has 1 aromatic carbocycles. The number of benzene rings is 1. The SMILES string of the molecule is CCCNCc1ccc(COc2ccc(C)cc2OC)s1. The highest BCUT2D eigenvalue weighted by Crippen LogP contribution is 2.29. The Morgan fingerprint density at radius 2 is 1.90 bits per heavy atom.